The van der Waals surface area contributed by atoms with Crippen molar-refractivity contribution in [2.75, 3.05) is 38.1 Å². The number of rotatable bonds is 6. The number of carboxylic acid groups (broad SMARTS) is 1. The largest absolute Gasteiger partial charge is 0.545 e. The Balaban J connectivity index is 1.58. The van der Waals surface area contributed by atoms with E-state index in [2.05, 4.69) is 30.1 Å². The van der Waals surface area contributed by atoms with Gasteiger partial charge in [0.05, 0.1) is 44.9 Å². The summed E-state index contributed by atoms with van der Waals surface area (Å²) < 4.78 is 0. The molecule has 1 N–H and O–H groups in total. The smallest absolute Gasteiger partial charge is 0.190 e. The average molecular weight is 421 g/mol. The van der Waals surface area contributed by atoms with Crippen molar-refractivity contribution >= 4 is 23.5 Å². The first-order chi connectivity index (χ1) is 14.6. The van der Waals surface area contributed by atoms with Crippen molar-refractivity contribution in [1.82, 2.24) is 9.97 Å². The van der Waals surface area contributed by atoms with E-state index in [1.807, 2.05) is 30.3 Å². The maximum absolute atomic E-state index is 10.9. The molecule has 0 spiro atoms. The molecule has 0 unspecified atom stereocenters. The number of likely N-dealkylation sites (N-methyl/N-ethyl adjacent to an activating group) is 1. The lowest BCUT2D eigenvalue weighted by atomic mass is 10.1. The Morgan fingerprint density at radius 1 is 1.07 bits per heavy atom. The van der Waals surface area contributed by atoms with Gasteiger partial charge in [0, 0.05) is 17.4 Å². The number of benzene rings is 2. The van der Waals surface area contributed by atoms with Gasteiger partial charge in [0.2, 0.25) is 0 Å². The number of thioether (sulfide) groups is 1. The summed E-state index contributed by atoms with van der Waals surface area (Å²) in [6.45, 7) is 4.15. The van der Waals surface area contributed by atoms with E-state index in [-0.39, 0.29) is 5.56 Å². The second kappa shape index (κ2) is 9.28. The maximum atomic E-state index is 10.9. The summed E-state index contributed by atoms with van der Waals surface area (Å²) in [7, 11) is 2.22. The zero-order valence-electron chi connectivity index (χ0n) is 16.9. The Labute approximate surface area is 180 Å². The van der Waals surface area contributed by atoms with E-state index in [0.717, 1.165) is 54.0 Å². The standard InChI is InChI=1S/C23H24N4O2S/c1-26-11-13-27(14-12-26)21-15-20(18-5-3-2-4-6-18)24-23(25-21)30-16-17-7-9-19(10-8-17)22(28)29/h2-10,15H,11-14,16H2,1H3,(H,28,29). The third kappa shape index (κ3) is 4.98. The average Bonchev–Trinajstić information content (AvgIpc) is 2.79. The Hall–Kier alpha value is -2.90. The molecule has 1 aliphatic heterocycles. The fourth-order valence-electron chi connectivity index (χ4n) is 3.40. The number of carbonyl (C=O) groups excluding carboxylic acids is 1. The van der Waals surface area contributed by atoms with Crippen LogP contribution >= 0.6 is 11.8 Å². The Morgan fingerprint density at radius 3 is 2.43 bits per heavy atom. The molecule has 7 heteroatoms. The van der Waals surface area contributed by atoms with Crippen molar-refractivity contribution in [2.24, 2.45) is 0 Å². The molecule has 1 fully saturated rings. The van der Waals surface area contributed by atoms with E-state index in [4.69, 9.17) is 9.97 Å². The van der Waals surface area contributed by atoms with Crippen LogP contribution in [0.15, 0.2) is 65.8 Å². The molecule has 30 heavy (non-hydrogen) atoms. The monoisotopic (exact) mass is 420 g/mol. The molecular weight excluding hydrogens is 396 g/mol. The molecule has 0 radical (unpaired) electrons. The molecule has 1 aliphatic rings. The van der Waals surface area contributed by atoms with Gasteiger partial charge < -0.3 is 19.7 Å². The summed E-state index contributed by atoms with van der Waals surface area (Å²) in [5, 5.41) is 11.7. The first kappa shape index (κ1) is 20.4. The normalized spacial score (nSPS) is 14.6. The number of hydrogen-bond acceptors (Lipinski definition) is 6. The van der Waals surface area contributed by atoms with E-state index in [1.54, 1.807) is 23.9 Å². The van der Waals surface area contributed by atoms with Crippen LogP contribution in [0.2, 0.25) is 0 Å². The molecule has 0 bridgehead atoms. The lowest BCUT2D eigenvalue weighted by molar-refractivity contribution is -0.880. The number of piperazine rings is 1. The van der Waals surface area contributed by atoms with Crippen LogP contribution in [-0.2, 0) is 5.75 Å². The Kier molecular flexibility index (Phi) is 6.30. The molecule has 4 rings (SSSR count). The van der Waals surface area contributed by atoms with Crippen LogP contribution in [0.1, 0.15) is 15.9 Å². The van der Waals surface area contributed by atoms with Crippen LogP contribution < -0.4 is 14.9 Å². The van der Waals surface area contributed by atoms with Gasteiger partial charge in [-0.25, -0.2) is 9.97 Å². The topological polar surface area (TPSA) is 73.6 Å². The number of nitrogens with one attached hydrogen (secondary N) is 1. The predicted molar refractivity (Wildman–Crippen MR) is 117 cm³/mol. The van der Waals surface area contributed by atoms with Gasteiger partial charge in [-0.2, -0.15) is 0 Å². The lowest BCUT2D eigenvalue weighted by Crippen LogP contribution is -3.12. The molecule has 6 nitrogen and oxygen atoms in total. The summed E-state index contributed by atoms with van der Waals surface area (Å²) in [5.74, 6) is 0.468. The number of carbonyl (C=O) groups is 1. The summed E-state index contributed by atoms with van der Waals surface area (Å²) >= 11 is 1.56. The fraction of sp³-hybridized carbons (Fsp3) is 0.261. The highest BCUT2D eigenvalue weighted by Gasteiger charge is 2.20. The molecule has 0 saturated carbocycles. The van der Waals surface area contributed by atoms with Gasteiger partial charge in [0.25, 0.3) is 0 Å². The number of nitrogens with zero attached hydrogens (tertiary/aromatic N) is 3. The summed E-state index contributed by atoms with van der Waals surface area (Å²) in [6.07, 6.45) is 0. The Morgan fingerprint density at radius 2 is 1.77 bits per heavy atom. The van der Waals surface area contributed by atoms with E-state index in [0.29, 0.717) is 5.75 Å². The van der Waals surface area contributed by atoms with Gasteiger partial charge in [0.15, 0.2) is 5.16 Å². The first-order valence-electron chi connectivity index (χ1n) is 10.0. The first-order valence-corrected chi connectivity index (χ1v) is 11.0. The zero-order valence-corrected chi connectivity index (χ0v) is 17.7. The van der Waals surface area contributed by atoms with Gasteiger partial charge in [-0.05, 0) is 11.1 Å². The van der Waals surface area contributed by atoms with Crippen molar-refractivity contribution in [1.29, 1.82) is 0 Å². The van der Waals surface area contributed by atoms with Crippen molar-refractivity contribution in [3.05, 3.63) is 71.8 Å². The van der Waals surface area contributed by atoms with Crippen LogP contribution in [0, 0.1) is 0 Å². The number of hydrogen-bond donors (Lipinski definition) is 1. The van der Waals surface area contributed by atoms with Gasteiger partial charge >= 0.3 is 0 Å². The maximum Gasteiger partial charge on any atom is 0.190 e. The van der Waals surface area contributed by atoms with E-state index in [1.165, 1.54) is 4.90 Å². The second-order valence-electron chi connectivity index (χ2n) is 7.48. The van der Waals surface area contributed by atoms with Gasteiger partial charge in [0.1, 0.15) is 5.82 Å². The highest BCUT2D eigenvalue weighted by molar-refractivity contribution is 7.98. The van der Waals surface area contributed by atoms with Crippen molar-refractivity contribution in [2.45, 2.75) is 10.9 Å². The number of quaternary nitrogens is 1. The van der Waals surface area contributed by atoms with Gasteiger partial charge in [-0.3, -0.25) is 0 Å². The molecule has 0 atom stereocenters. The third-order valence-corrected chi connectivity index (χ3v) is 6.18. The van der Waals surface area contributed by atoms with Crippen LogP contribution in [0.25, 0.3) is 11.3 Å². The summed E-state index contributed by atoms with van der Waals surface area (Å²) in [4.78, 5) is 24.4. The van der Waals surface area contributed by atoms with Crippen molar-refractivity contribution < 1.29 is 14.8 Å². The van der Waals surface area contributed by atoms with E-state index in [9.17, 15) is 9.90 Å². The number of anilines is 1. The minimum absolute atomic E-state index is 0.186. The zero-order chi connectivity index (χ0) is 20.9. The lowest BCUT2D eigenvalue weighted by Gasteiger charge is -2.31. The van der Waals surface area contributed by atoms with Crippen LogP contribution in [0.5, 0.6) is 0 Å². The van der Waals surface area contributed by atoms with Crippen molar-refractivity contribution in [3.8, 4) is 11.3 Å². The SMILES string of the molecule is C[NH+]1CCN(c2cc(-c3ccccc3)nc(SCc3ccc(C(=O)[O-])cc3)n2)CC1. The summed E-state index contributed by atoms with van der Waals surface area (Å²) in [5.41, 5.74) is 3.19. The number of carboxylic acids is 1. The minimum Gasteiger partial charge on any atom is -0.545 e. The highest BCUT2D eigenvalue weighted by Crippen LogP contribution is 2.27. The van der Waals surface area contributed by atoms with Crippen LogP contribution in [0.4, 0.5) is 5.82 Å². The van der Waals surface area contributed by atoms with Crippen LogP contribution in [0.3, 0.4) is 0 Å². The highest BCUT2D eigenvalue weighted by atomic mass is 32.2. The van der Waals surface area contributed by atoms with Gasteiger partial charge in [-0.15, -0.1) is 0 Å². The molecule has 3 aromatic rings. The third-order valence-electron chi connectivity index (χ3n) is 5.26. The second-order valence-corrected chi connectivity index (χ2v) is 8.42. The molecule has 154 valence electrons. The predicted octanol–water partition coefficient (Wildman–Crippen LogP) is 1.13. The molecule has 2 aromatic carbocycles. The van der Waals surface area contributed by atoms with E-state index >= 15 is 0 Å². The Bertz CT molecular complexity index is 1000. The molecule has 0 amide bonds. The van der Waals surface area contributed by atoms with Gasteiger partial charge in [-0.1, -0.05) is 66.4 Å². The quantitative estimate of drug-likeness (QED) is 0.476. The minimum atomic E-state index is -1.16. The summed E-state index contributed by atoms with van der Waals surface area (Å²) in [6, 6.07) is 19.0. The molecule has 2 heterocycles. The van der Waals surface area contributed by atoms with Crippen LogP contribution in [-0.4, -0.2) is 49.2 Å². The number of aromatic nitrogens is 2. The molecule has 0 aliphatic carbocycles. The molecule has 1 aromatic heterocycles. The van der Waals surface area contributed by atoms with E-state index < -0.39 is 5.97 Å². The number of aromatic carboxylic acids is 1. The fourth-order valence-corrected chi connectivity index (χ4v) is 4.21. The molecular formula is C23H24N4O2S. The van der Waals surface area contributed by atoms with Crippen molar-refractivity contribution in [3.63, 3.8) is 0 Å². The molecule has 1 saturated heterocycles.